The molecule has 0 radical (unpaired) electrons. The normalized spacial score (nSPS) is 11.7. The van der Waals surface area contributed by atoms with Crippen molar-refractivity contribution in [2.75, 3.05) is 17.7 Å². The first-order chi connectivity index (χ1) is 9.69. The van der Waals surface area contributed by atoms with E-state index in [1.54, 1.807) is 24.5 Å². The molecule has 0 spiro atoms. The van der Waals surface area contributed by atoms with Crippen LogP contribution in [0.5, 0.6) is 0 Å². The lowest BCUT2D eigenvalue weighted by Gasteiger charge is -2.12. The summed E-state index contributed by atoms with van der Waals surface area (Å²) in [5, 5.41) is 8.69. The molecule has 0 saturated carbocycles. The molecule has 0 aliphatic heterocycles. The van der Waals surface area contributed by atoms with Crippen LogP contribution < -0.4 is 16.0 Å². The average Bonchev–Trinajstić information content (AvgIpc) is 2.48. The van der Waals surface area contributed by atoms with Crippen LogP contribution in [-0.4, -0.2) is 18.1 Å². The molecule has 5 nitrogen and oxygen atoms in total. The van der Waals surface area contributed by atoms with Crippen LogP contribution >= 0.6 is 0 Å². The van der Waals surface area contributed by atoms with Gasteiger partial charge in [0.25, 0.3) is 0 Å². The Morgan fingerprint density at radius 3 is 2.10 bits per heavy atom. The molecule has 2 amide bonds. The molecular formula is C15H18N4O. The van der Waals surface area contributed by atoms with E-state index in [2.05, 4.69) is 27.9 Å². The van der Waals surface area contributed by atoms with E-state index in [0.717, 1.165) is 5.69 Å². The third-order valence-corrected chi connectivity index (χ3v) is 3.04. The van der Waals surface area contributed by atoms with Gasteiger partial charge in [-0.25, -0.2) is 4.79 Å². The zero-order valence-corrected chi connectivity index (χ0v) is 11.6. The Labute approximate surface area is 118 Å². The van der Waals surface area contributed by atoms with E-state index >= 15 is 0 Å². The van der Waals surface area contributed by atoms with E-state index in [9.17, 15) is 4.79 Å². The highest BCUT2D eigenvalue weighted by molar-refractivity contribution is 5.99. The predicted octanol–water partition coefficient (Wildman–Crippen LogP) is 3.01. The lowest BCUT2D eigenvalue weighted by molar-refractivity contribution is 0.262. The number of aromatic nitrogens is 1. The third-order valence-electron chi connectivity index (χ3n) is 3.04. The van der Waals surface area contributed by atoms with Crippen molar-refractivity contribution in [3.05, 3.63) is 54.4 Å². The van der Waals surface area contributed by atoms with Crippen molar-refractivity contribution in [2.24, 2.45) is 0 Å². The Balaban J connectivity index is 1.94. The predicted molar refractivity (Wildman–Crippen MR) is 80.8 cm³/mol. The molecule has 20 heavy (non-hydrogen) atoms. The molecule has 0 fully saturated rings. The van der Waals surface area contributed by atoms with E-state index < -0.39 is 0 Å². The van der Waals surface area contributed by atoms with Gasteiger partial charge >= 0.3 is 6.03 Å². The monoisotopic (exact) mass is 270 g/mol. The van der Waals surface area contributed by atoms with Gasteiger partial charge in [-0.3, -0.25) is 4.98 Å². The molecule has 1 aromatic carbocycles. The van der Waals surface area contributed by atoms with E-state index in [1.165, 1.54) is 5.56 Å². The third kappa shape index (κ3) is 3.80. The number of urea groups is 1. The highest BCUT2D eigenvalue weighted by Crippen LogP contribution is 2.15. The summed E-state index contributed by atoms with van der Waals surface area (Å²) < 4.78 is 0. The van der Waals surface area contributed by atoms with E-state index in [1.807, 2.05) is 31.3 Å². The molecule has 0 saturated heterocycles. The summed E-state index contributed by atoms with van der Waals surface area (Å²) >= 11 is 0. The fraction of sp³-hybridized carbons (Fsp3) is 0.200. The molecule has 1 atom stereocenters. The molecule has 1 unspecified atom stereocenters. The maximum absolute atomic E-state index is 11.8. The first kappa shape index (κ1) is 14.0. The van der Waals surface area contributed by atoms with E-state index in [4.69, 9.17) is 0 Å². The van der Waals surface area contributed by atoms with Crippen molar-refractivity contribution >= 4 is 17.4 Å². The second kappa shape index (κ2) is 6.68. The number of rotatable bonds is 4. The van der Waals surface area contributed by atoms with Crippen molar-refractivity contribution < 1.29 is 4.79 Å². The van der Waals surface area contributed by atoms with Gasteiger partial charge in [0.05, 0.1) is 0 Å². The number of benzene rings is 1. The van der Waals surface area contributed by atoms with Crippen molar-refractivity contribution in [3.63, 3.8) is 0 Å². The van der Waals surface area contributed by atoms with E-state index in [0.29, 0.717) is 5.69 Å². The second-order valence-electron chi connectivity index (χ2n) is 4.45. The molecule has 0 aliphatic carbocycles. The van der Waals surface area contributed by atoms with Crippen LogP contribution in [0.1, 0.15) is 18.5 Å². The standard InChI is InChI=1S/C15H18N4O/c1-11(16-2)12-3-5-13(6-4-12)18-15(20)19-14-7-9-17-10-8-14/h3-11,16H,1-2H3,(H2,17,18,19,20). The number of nitrogens with zero attached hydrogens (tertiary/aromatic N) is 1. The van der Waals surface area contributed by atoms with Gasteiger partial charge < -0.3 is 16.0 Å². The summed E-state index contributed by atoms with van der Waals surface area (Å²) in [6.45, 7) is 2.08. The van der Waals surface area contributed by atoms with Crippen molar-refractivity contribution in [2.45, 2.75) is 13.0 Å². The van der Waals surface area contributed by atoms with Crippen LogP contribution in [0, 0.1) is 0 Å². The Bertz CT molecular complexity index is 554. The van der Waals surface area contributed by atoms with Crippen LogP contribution in [0.25, 0.3) is 0 Å². The van der Waals surface area contributed by atoms with Gasteiger partial charge in [0.1, 0.15) is 0 Å². The Kier molecular flexibility index (Phi) is 4.68. The van der Waals surface area contributed by atoms with Gasteiger partial charge in [-0.05, 0) is 43.8 Å². The van der Waals surface area contributed by atoms with Gasteiger partial charge in [-0.15, -0.1) is 0 Å². The zero-order valence-electron chi connectivity index (χ0n) is 11.6. The van der Waals surface area contributed by atoms with Crippen LogP contribution in [0.15, 0.2) is 48.8 Å². The zero-order chi connectivity index (χ0) is 14.4. The minimum atomic E-state index is -0.273. The van der Waals surface area contributed by atoms with Gasteiger partial charge in [0.2, 0.25) is 0 Å². The quantitative estimate of drug-likeness (QED) is 0.800. The Hall–Kier alpha value is -2.40. The lowest BCUT2D eigenvalue weighted by Crippen LogP contribution is -2.19. The highest BCUT2D eigenvalue weighted by atomic mass is 16.2. The van der Waals surface area contributed by atoms with E-state index in [-0.39, 0.29) is 12.1 Å². The van der Waals surface area contributed by atoms with Crippen LogP contribution in [0.4, 0.5) is 16.2 Å². The number of hydrogen-bond donors (Lipinski definition) is 3. The molecule has 3 N–H and O–H groups in total. The van der Waals surface area contributed by atoms with Crippen molar-refractivity contribution in [1.29, 1.82) is 0 Å². The molecule has 1 aromatic heterocycles. The molecule has 2 aromatic rings. The lowest BCUT2D eigenvalue weighted by atomic mass is 10.1. The smallest absolute Gasteiger partial charge is 0.313 e. The molecule has 0 bridgehead atoms. The summed E-state index contributed by atoms with van der Waals surface area (Å²) in [4.78, 5) is 15.7. The largest absolute Gasteiger partial charge is 0.323 e. The summed E-state index contributed by atoms with van der Waals surface area (Å²) in [5.74, 6) is 0. The van der Waals surface area contributed by atoms with Crippen LogP contribution in [-0.2, 0) is 0 Å². The average molecular weight is 270 g/mol. The summed E-state index contributed by atoms with van der Waals surface area (Å²) in [5.41, 5.74) is 2.63. The van der Waals surface area contributed by atoms with Crippen molar-refractivity contribution in [1.82, 2.24) is 10.3 Å². The second-order valence-corrected chi connectivity index (χ2v) is 4.45. The molecule has 2 rings (SSSR count). The molecule has 1 heterocycles. The maximum Gasteiger partial charge on any atom is 0.323 e. The van der Waals surface area contributed by atoms with Gasteiger partial charge in [0.15, 0.2) is 0 Å². The molecule has 104 valence electrons. The summed E-state index contributed by atoms with van der Waals surface area (Å²) in [6.07, 6.45) is 3.26. The minimum Gasteiger partial charge on any atom is -0.313 e. The first-order valence-electron chi connectivity index (χ1n) is 6.44. The fourth-order valence-electron chi connectivity index (χ4n) is 1.75. The fourth-order valence-corrected chi connectivity index (χ4v) is 1.75. The van der Waals surface area contributed by atoms with Crippen LogP contribution in [0.3, 0.4) is 0 Å². The topological polar surface area (TPSA) is 66.0 Å². The summed E-state index contributed by atoms with van der Waals surface area (Å²) in [7, 11) is 1.92. The molecular weight excluding hydrogens is 252 g/mol. The molecule has 5 heteroatoms. The number of carbonyl (C=O) groups excluding carboxylic acids is 1. The maximum atomic E-state index is 11.8. The van der Waals surface area contributed by atoms with Crippen molar-refractivity contribution in [3.8, 4) is 0 Å². The number of pyridine rings is 1. The van der Waals surface area contributed by atoms with Gasteiger partial charge in [-0.1, -0.05) is 12.1 Å². The molecule has 0 aliphatic rings. The number of anilines is 2. The first-order valence-corrected chi connectivity index (χ1v) is 6.44. The number of carbonyl (C=O) groups is 1. The SMILES string of the molecule is CNC(C)c1ccc(NC(=O)Nc2ccncc2)cc1. The number of nitrogens with one attached hydrogen (secondary N) is 3. The van der Waals surface area contributed by atoms with Gasteiger partial charge in [-0.2, -0.15) is 0 Å². The minimum absolute atomic E-state index is 0.273. The number of amides is 2. The number of hydrogen-bond acceptors (Lipinski definition) is 3. The van der Waals surface area contributed by atoms with Crippen LogP contribution in [0.2, 0.25) is 0 Å². The Morgan fingerprint density at radius 2 is 1.55 bits per heavy atom. The van der Waals surface area contributed by atoms with Gasteiger partial charge in [0, 0.05) is 29.8 Å². The summed E-state index contributed by atoms with van der Waals surface area (Å²) in [6, 6.07) is 11.2. The highest BCUT2D eigenvalue weighted by Gasteiger charge is 2.04. The Morgan fingerprint density at radius 1 is 1.00 bits per heavy atom.